The quantitative estimate of drug-likeness (QED) is 0.719. The SMILES string of the molecule is CC(C)NC(=O)NN(C)c1nc2ccccc2nc1C(=O)NC(C)C. The molecule has 0 radical (unpaired) electrons. The molecule has 2 aromatic rings. The molecule has 134 valence electrons. The zero-order chi connectivity index (χ0) is 18.6. The van der Waals surface area contributed by atoms with Gasteiger partial charge in [0.2, 0.25) is 0 Å². The largest absolute Gasteiger partial charge is 0.348 e. The highest BCUT2D eigenvalue weighted by Gasteiger charge is 2.21. The fourth-order valence-electron chi connectivity index (χ4n) is 2.21. The van der Waals surface area contributed by atoms with Crippen molar-refractivity contribution in [3.05, 3.63) is 30.0 Å². The van der Waals surface area contributed by atoms with E-state index in [0.717, 1.165) is 0 Å². The molecule has 0 atom stereocenters. The molecule has 0 aliphatic carbocycles. The Balaban J connectivity index is 2.40. The van der Waals surface area contributed by atoms with Gasteiger partial charge in [-0.1, -0.05) is 12.1 Å². The maximum Gasteiger partial charge on any atom is 0.333 e. The van der Waals surface area contributed by atoms with E-state index < -0.39 is 0 Å². The average Bonchev–Trinajstić information content (AvgIpc) is 2.52. The molecule has 0 unspecified atom stereocenters. The van der Waals surface area contributed by atoms with E-state index in [4.69, 9.17) is 0 Å². The minimum absolute atomic E-state index is 0.0141. The van der Waals surface area contributed by atoms with Crippen molar-refractivity contribution in [2.24, 2.45) is 0 Å². The second kappa shape index (κ2) is 7.78. The van der Waals surface area contributed by atoms with Gasteiger partial charge in [-0.3, -0.25) is 9.80 Å². The van der Waals surface area contributed by atoms with Gasteiger partial charge < -0.3 is 10.6 Å². The third-order valence-electron chi connectivity index (χ3n) is 3.19. The lowest BCUT2D eigenvalue weighted by atomic mass is 10.2. The lowest BCUT2D eigenvalue weighted by Gasteiger charge is -2.22. The van der Waals surface area contributed by atoms with E-state index in [0.29, 0.717) is 11.0 Å². The van der Waals surface area contributed by atoms with Crippen LogP contribution in [0.1, 0.15) is 38.2 Å². The third-order valence-corrected chi connectivity index (χ3v) is 3.19. The fraction of sp³-hybridized carbons (Fsp3) is 0.412. The number of carbonyl (C=O) groups excluding carboxylic acids is 2. The monoisotopic (exact) mass is 344 g/mol. The number of urea groups is 1. The first kappa shape index (κ1) is 18.4. The molecule has 0 aliphatic rings. The molecule has 2 rings (SSSR count). The average molecular weight is 344 g/mol. The second-order valence-corrected chi connectivity index (χ2v) is 6.31. The maximum absolute atomic E-state index is 12.5. The Morgan fingerprint density at radius 2 is 1.52 bits per heavy atom. The van der Waals surface area contributed by atoms with Crippen molar-refractivity contribution in [3.8, 4) is 0 Å². The van der Waals surface area contributed by atoms with Gasteiger partial charge in [0, 0.05) is 19.1 Å². The van der Waals surface area contributed by atoms with E-state index in [1.807, 2.05) is 39.8 Å². The molecule has 0 spiro atoms. The van der Waals surface area contributed by atoms with Crippen LogP contribution in [0.2, 0.25) is 0 Å². The number of carbonyl (C=O) groups is 2. The molecule has 25 heavy (non-hydrogen) atoms. The summed E-state index contributed by atoms with van der Waals surface area (Å²) in [6, 6.07) is 6.82. The number of nitrogens with zero attached hydrogens (tertiary/aromatic N) is 3. The molecule has 1 aromatic carbocycles. The van der Waals surface area contributed by atoms with Gasteiger partial charge in [0.1, 0.15) is 0 Å². The van der Waals surface area contributed by atoms with E-state index in [1.165, 1.54) is 5.01 Å². The number of amides is 3. The summed E-state index contributed by atoms with van der Waals surface area (Å²) < 4.78 is 0. The zero-order valence-electron chi connectivity index (χ0n) is 15.1. The van der Waals surface area contributed by atoms with Gasteiger partial charge >= 0.3 is 6.03 Å². The molecule has 0 aliphatic heterocycles. The molecule has 0 fully saturated rings. The van der Waals surface area contributed by atoms with Crippen molar-refractivity contribution in [1.29, 1.82) is 0 Å². The number of aromatic nitrogens is 2. The number of hydrogen-bond donors (Lipinski definition) is 3. The molecular formula is C17H24N6O2. The summed E-state index contributed by atoms with van der Waals surface area (Å²) in [5.41, 5.74) is 4.04. The van der Waals surface area contributed by atoms with Crippen LogP contribution < -0.4 is 21.1 Å². The van der Waals surface area contributed by atoms with E-state index in [-0.39, 0.29) is 35.5 Å². The highest BCUT2D eigenvalue weighted by molar-refractivity contribution is 5.99. The summed E-state index contributed by atoms with van der Waals surface area (Å²) in [4.78, 5) is 33.4. The van der Waals surface area contributed by atoms with Crippen LogP contribution in [0.3, 0.4) is 0 Å². The Bertz CT molecular complexity index is 775. The van der Waals surface area contributed by atoms with Crippen molar-refractivity contribution >= 4 is 28.8 Å². The number of benzene rings is 1. The van der Waals surface area contributed by atoms with E-state index in [9.17, 15) is 9.59 Å². The fourth-order valence-corrected chi connectivity index (χ4v) is 2.21. The van der Waals surface area contributed by atoms with Crippen molar-refractivity contribution < 1.29 is 9.59 Å². The molecule has 3 N–H and O–H groups in total. The van der Waals surface area contributed by atoms with E-state index in [1.54, 1.807) is 19.2 Å². The molecule has 1 aromatic heterocycles. The van der Waals surface area contributed by atoms with Crippen LogP contribution in [-0.2, 0) is 0 Å². The Hall–Kier alpha value is -2.90. The highest BCUT2D eigenvalue weighted by atomic mass is 16.2. The molecule has 1 heterocycles. The van der Waals surface area contributed by atoms with E-state index >= 15 is 0 Å². The number of nitrogens with one attached hydrogen (secondary N) is 3. The Labute approximate surface area is 147 Å². The lowest BCUT2D eigenvalue weighted by Crippen LogP contribution is -2.48. The number of para-hydroxylation sites is 2. The van der Waals surface area contributed by atoms with Crippen LogP contribution in [0.25, 0.3) is 11.0 Å². The molecule has 3 amide bonds. The molecule has 0 saturated carbocycles. The van der Waals surface area contributed by atoms with Crippen LogP contribution in [0.4, 0.5) is 10.6 Å². The predicted octanol–water partition coefficient (Wildman–Crippen LogP) is 1.83. The Morgan fingerprint density at radius 1 is 0.960 bits per heavy atom. The molecule has 0 saturated heterocycles. The predicted molar refractivity (Wildman–Crippen MR) is 97.3 cm³/mol. The first-order valence-electron chi connectivity index (χ1n) is 8.16. The van der Waals surface area contributed by atoms with Gasteiger partial charge in [0.05, 0.1) is 11.0 Å². The maximum atomic E-state index is 12.5. The summed E-state index contributed by atoms with van der Waals surface area (Å²) in [5.74, 6) is -0.0723. The number of fused-ring (bicyclic) bond motifs is 1. The summed E-state index contributed by atoms with van der Waals surface area (Å²) >= 11 is 0. The van der Waals surface area contributed by atoms with Crippen LogP contribution >= 0.6 is 0 Å². The van der Waals surface area contributed by atoms with Gasteiger partial charge in [0.15, 0.2) is 11.5 Å². The zero-order valence-corrected chi connectivity index (χ0v) is 15.1. The smallest absolute Gasteiger partial charge is 0.333 e. The minimum atomic E-state index is -0.386. The van der Waals surface area contributed by atoms with Crippen LogP contribution in [-0.4, -0.2) is 41.0 Å². The minimum Gasteiger partial charge on any atom is -0.348 e. The third kappa shape index (κ3) is 4.79. The number of hydrazine groups is 1. The van der Waals surface area contributed by atoms with Crippen LogP contribution in [0.5, 0.6) is 0 Å². The topological polar surface area (TPSA) is 99.2 Å². The molecular weight excluding hydrogens is 320 g/mol. The first-order valence-corrected chi connectivity index (χ1v) is 8.16. The van der Waals surface area contributed by atoms with Crippen LogP contribution in [0, 0.1) is 0 Å². The molecule has 8 nitrogen and oxygen atoms in total. The van der Waals surface area contributed by atoms with Crippen molar-refractivity contribution in [3.63, 3.8) is 0 Å². The first-order chi connectivity index (χ1) is 11.8. The summed E-state index contributed by atoms with van der Waals surface area (Å²) in [5, 5.41) is 6.92. The van der Waals surface area contributed by atoms with Gasteiger partial charge in [-0.2, -0.15) is 0 Å². The summed E-state index contributed by atoms with van der Waals surface area (Å²) in [6.45, 7) is 7.45. The van der Waals surface area contributed by atoms with Gasteiger partial charge in [-0.25, -0.2) is 20.2 Å². The van der Waals surface area contributed by atoms with Crippen molar-refractivity contribution in [2.45, 2.75) is 39.8 Å². The van der Waals surface area contributed by atoms with Gasteiger partial charge in [-0.05, 0) is 39.8 Å². The Morgan fingerprint density at radius 3 is 2.08 bits per heavy atom. The highest BCUT2D eigenvalue weighted by Crippen LogP contribution is 2.19. The van der Waals surface area contributed by atoms with Crippen LogP contribution in [0.15, 0.2) is 24.3 Å². The number of rotatable bonds is 5. The molecule has 8 heteroatoms. The van der Waals surface area contributed by atoms with Crippen molar-refractivity contribution in [2.75, 3.05) is 12.1 Å². The van der Waals surface area contributed by atoms with Crippen molar-refractivity contribution in [1.82, 2.24) is 26.0 Å². The number of hydrogen-bond acceptors (Lipinski definition) is 5. The van der Waals surface area contributed by atoms with Gasteiger partial charge in [0.25, 0.3) is 5.91 Å². The number of anilines is 1. The summed E-state index contributed by atoms with van der Waals surface area (Å²) in [6.07, 6.45) is 0. The standard InChI is InChI=1S/C17H24N6O2/c1-10(2)18-16(24)14-15(23(5)22-17(25)19-11(3)4)21-13-9-7-6-8-12(13)20-14/h6-11H,1-5H3,(H,18,24)(H2,19,22,25). The summed E-state index contributed by atoms with van der Waals surface area (Å²) in [7, 11) is 1.62. The normalized spacial score (nSPS) is 10.8. The molecule has 0 bridgehead atoms. The van der Waals surface area contributed by atoms with Gasteiger partial charge in [-0.15, -0.1) is 0 Å². The Kier molecular flexibility index (Phi) is 5.74. The van der Waals surface area contributed by atoms with E-state index in [2.05, 4.69) is 26.0 Å². The second-order valence-electron chi connectivity index (χ2n) is 6.31. The lowest BCUT2D eigenvalue weighted by molar-refractivity contribution is 0.0938.